The van der Waals surface area contributed by atoms with Crippen molar-refractivity contribution in [3.63, 3.8) is 0 Å². The van der Waals surface area contributed by atoms with Gasteiger partial charge in [-0.25, -0.2) is 9.78 Å². The van der Waals surface area contributed by atoms with Crippen LogP contribution < -0.4 is 32.7 Å². The van der Waals surface area contributed by atoms with E-state index in [0.717, 1.165) is 36.6 Å². The lowest BCUT2D eigenvalue weighted by molar-refractivity contribution is -0.159. The van der Waals surface area contributed by atoms with Crippen LogP contribution in [0.25, 0.3) is 10.9 Å². The molecule has 2 fully saturated rings. The van der Waals surface area contributed by atoms with Crippen LogP contribution in [0.2, 0.25) is 0 Å². The van der Waals surface area contributed by atoms with Crippen molar-refractivity contribution in [2.75, 3.05) is 13.1 Å². The molecule has 0 radical (unpaired) electrons. The molecular formula is C48H68N8O7. The number of para-hydroxylation sites is 1. The molecule has 0 spiro atoms. The quantitative estimate of drug-likeness (QED) is 0.102. The van der Waals surface area contributed by atoms with Gasteiger partial charge >= 0.3 is 5.97 Å². The topological polar surface area (TPSA) is 228 Å². The van der Waals surface area contributed by atoms with Gasteiger partial charge in [-0.3, -0.25) is 28.9 Å². The Hall–Kier alpha value is -5.41. The van der Waals surface area contributed by atoms with Crippen LogP contribution in [0.4, 0.5) is 0 Å². The highest BCUT2D eigenvalue weighted by Gasteiger charge is 2.44. The molecule has 2 aromatic carbocycles. The summed E-state index contributed by atoms with van der Waals surface area (Å²) in [5.74, 6) is -3.58. The van der Waals surface area contributed by atoms with Gasteiger partial charge in [-0.05, 0) is 81.4 Å². The molecule has 8 N–H and O–H groups in total. The zero-order valence-electron chi connectivity index (χ0n) is 37.9. The second-order valence-corrected chi connectivity index (χ2v) is 19.1. The first-order valence-corrected chi connectivity index (χ1v) is 22.4. The normalized spacial score (nSPS) is 20.4. The van der Waals surface area contributed by atoms with Gasteiger partial charge in [0.25, 0.3) is 5.91 Å². The highest BCUT2D eigenvalue weighted by molar-refractivity contribution is 5.99. The molecule has 2 heterocycles. The molecule has 3 aromatic rings. The Labute approximate surface area is 371 Å². The van der Waals surface area contributed by atoms with Gasteiger partial charge < -0.3 is 37.5 Å². The Morgan fingerprint density at radius 2 is 1.49 bits per heavy atom. The van der Waals surface area contributed by atoms with Crippen LogP contribution in [0, 0.1) is 23.7 Å². The van der Waals surface area contributed by atoms with E-state index >= 15 is 0 Å². The maximum absolute atomic E-state index is 14.5. The van der Waals surface area contributed by atoms with Gasteiger partial charge in [-0.15, -0.1) is 0 Å². The smallest absolute Gasteiger partial charge is 0.329 e. The Kier molecular flexibility index (Phi) is 16.8. The zero-order chi connectivity index (χ0) is 46.0. The number of likely N-dealkylation sites (tertiary alicyclic amines) is 1. The first kappa shape index (κ1) is 48.6. The number of piperidine rings is 1. The number of aromatic nitrogens is 1. The van der Waals surface area contributed by atoms with E-state index in [9.17, 15) is 28.8 Å². The Balaban J connectivity index is 1.54. The molecule has 1 saturated heterocycles. The highest BCUT2D eigenvalue weighted by Crippen LogP contribution is 2.39. The highest BCUT2D eigenvalue weighted by atomic mass is 16.5. The van der Waals surface area contributed by atoms with Gasteiger partial charge in [-0.2, -0.15) is 0 Å². The molecule has 15 nitrogen and oxygen atoms in total. The SMILES string of the molecule is CC(C)[C@@H](N)C(=O)N[C@@H](C(=O)O[C@H](CN1C[C@H]2CCCC[C@H]2C[C@H]1C(=O)NC(C)(C)C)[C@H](Cc1ccccc1)NC(=O)[C@H](CC(N)=O)NC(=O)c1ccc2ccccc2n1)C(C)C. The molecule has 0 bridgehead atoms. The van der Waals surface area contributed by atoms with E-state index in [2.05, 4.69) is 31.2 Å². The summed E-state index contributed by atoms with van der Waals surface area (Å²) in [5.41, 5.74) is 12.8. The number of fused-ring (bicyclic) bond motifs is 2. The number of benzene rings is 2. The van der Waals surface area contributed by atoms with Crippen LogP contribution in [-0.2, 0) is 35.1 Å². The molecule has 0 unspecified atom stereocenters. The third-order valence-corrected chi connectivity index (χ3v) is 12.2. The molecule has 1 aromatic heterocycles. The lowest BCUT2D eigenvalue weighted by Gasteiger charge is -2.47. The summed E-state index contributed by atoms with van der Waals surface area (Å²) in [5, 5.41) is 12.5. The van der Waals surface area contributed by atoms with Gasteiger partial charge in [-0.1, -0.05) is 102 Å². The van der Waals surface area contributed by atoms with E-state index < -0.39 is 83.8 Å². The number of nitrogens with two attached hydrogens (primary N) is 2. The van der Waals surface area contributed by atoms with E-state index in [1.165, 1.54) is 6.07 Å². The molecule has 8 atom stereocenters. The maximum atomic E-state index is 14.5. The molecule has 5 rings (SSSR count). The standard InChI is InChI=1S/C48H68N8O7/c1-28(2)41(50)46(61)54-42(29(3)4)47(62)63-39(27-56-26-33-19-12-11-18-32(33)24-38(56)45(60)55-48(5,6)7)36(23-30-15-9-8-10-16-30)52-44(59)37(25-40(49)57)53-43(58)35-22-21-31-17-13-14-20-34(31)51-35/h8-10,13-17,20-22,28-29,32-33,36-39,41-42H,11-12,18-19,23-27,50H2,1-7H3,(H2,49,57)(H,52,59)(H,53,58)(H,54,61)(H,55,60)/t32-,33+,36-,37-,38-,39+,41+,42+/m0/s1. The van der Waals surface area contributed by atoms with Crippen LogP contribution in [0.15, 0.2) is 66.7 Å². The van der Waals surface area contributed by atoms with Crippen molar-refractivity contribution in [1.29, 1.82) is 0 Å². The number of hydrogen-bond acceptors (Lipinski definition) is 10. The Morgan fingerprint density at radius 3 is 2.14 bits per heavy atom. The van der Waals surface area contributed by atoms with Crippen LogP contribution in [0.5, 0.6) is 0 Å². The van der Waals surface area contributed by atoms with Crippen molar-refractivity contribution in [3.8, 4) is 0 Å². The average Bonchev–Trinajstić information content (AvgIpc) is 3.23. The van der Waals surface area contributed by atoms with Crippen molar-refractivity contribution in [2.45, 2.75) is 135 Å². The van der Waals surface area contributed by atoms with Gasteiger partial charge in [0.15, 0.2) is 0 Å². The number of nitrogens with zero attached hydrogens (tertiary/aromatic N) is 2. The molecule has 2 aliphatic rings. The van der Waals surface area contributed by atoms with Crippen molar-refractivity contribution in [1.82, 2.24) is 31.2 Å². The van der Waals surface area contributed by atoms with Crippen LogP contribution in [-0.4, -0.2) is 100 Å². The van der Waals surface area contributed by atoms with Gasteiger partial charge in [0.2, 0.25) is 23.6 Å². The van der Waals surface area contributed by atoms with Crippen LogP contribution in [0.1, 0.15) is 103 Å². The maximum Gasteiger partial charge on any atom is 0.329 e. The predicted octanol–water partition coefficient (Wildman–Crippen LogP) is 3.77. The molecule has 1 saturated carbocycles. The number of amides is 5. The Morgan fingerprint density at radius 1 is 0.825 bits per heavy atom. The molecular weight excluding hydrogens is 801 g/mol. The van der Waals surface area contributed by atoms with Crippen molar-refractivity contribution in [2.24, 2.45) is 35.1 Å². The first-order chi connectivity index (χ1) is 29.8. The van der Waals surface area contributed by atoms with Gasteiger partial charge in [0.1, 0.15) is 23.9 Å². The third-order valence-electron chi connectivity index (χ3n) is 12.2. The van der Waals surface area contributed by atoms with Crippen molar-refractivity contribution in [3.05, 3.63) is 78.0 Å². The summed E-state index contributed by atoms with van der Waals surface area (Å²) in [6.07, 6.45) is 3.35. The fourth-order valence-electron chi connectivity index (χ4n) is 8.64. The minimum absolute atomic E-state index is 0.0354. The Bertz CT molecular complexity index is 2070. The number of primary amides is 1. The van der Waals surface area contributed by atoms with E-state index in [1.807, 2.05) is 77.1 Å². The number of ether oxygens (including phenoxy) is 1. The van der Waals surface area contributed by atoms with E-state index in [4.69, 9.17) is 16.2 Å². The number of pyridine rings is 1. The summed E-state index contributed by atoms with van der Waals surface area (Å²) in [6, 6.07) is 14.9. The molecule has 63 heavy (non-hydrogen) atoms. The summed E-state index contributed by atoms with van der Waals surface area (Å²) in [6.45, 7) is 13.6. The summed E-state index contributed by atoms with van der Waals surface area (Å²) in [7, 11) is 0. The van der Waals surface area contributed by atoms with Crippen LogP contribution >= 0.6 is 0 Å². The fraction of sp³-hybridized carbons (Fsp3) is 0.562. The summed E-state index contributed by atoms with van der Waals surface area (Å²) in [4.78, 5) is 89.2. The molecule has 15 heteroatoms. The number of carbonyl (C=O) groups excluding carboxylic acids is 6. The second-order valence-electron chi connectivity index (χ2n) is 19.1. The number of hydrogen-bond donors (Lipinski definition) is 6. The van der Waals surface area contributed by atoms with E-state index in [0.29, 0.717) is 30.3 Å². The molecule has 1 aliphatic heterocycles. The van der Waals surface area contributed by atoms with Crippen LogP contribution in [0.3, 0.4) is 0 Å². The number of carbonyl (C=O) groups is 6. The molecule has 5 amide bonds. The zero-order valence-corrected chi connectivity index (χ0v) is 37.9. The summed E-state index contributed by atoms with van der Waals surface area (Å²) < 4.78 is 6.50. The van der Waals surface area contributed by atoms with Gasteiger partial charge in [0.05, 0.1) is 30.1 Å². The van der Waals surface area contributed by atoms with Crippen molar-refractivity contribution >= 4 is 46.4 Å². The largest absolute Gasteiger partial charge is 0.457 e. The average molecular weight is 869 g/mol. The minimum Gasteiger partial charge on any atom is -0.457 e. The van der Waals surface area contributed by atoms with E-state index in [1.54, 1.807) is 32.0 Å². The monoisotopic (exact) mass is 869 g/mol. The second kappa shape index (κ2) is 21.8. The van der Waals surface area contributed by atoms with Crippen molar-refractivity contribution < 1.29 is 33.5 Å². The predicted molar refractivity (Wildman–Crippen MR) is 242 cm³/mol. The van der Waals surface area contributed by atoms with Gasteiger partial charge in [0, 0.05) is 24.0 Å². The first-order valence-electron chi connectivity index (χ1n) is 22.4. The lowest BCUT2D eigenvalue weighted by Crippen LogP contribution is -2.62. The summed E-state index contributed by atoms with van der Waals surface area (Å²) >= 11 is 0. The van der Waals surface area contributed by atoms with E-state index in [-0.39, 0.29) is 30.5 Å². The molecule has 342 valence electrons. The number of nitrogens with one attached hydrogen (secondary N) is 4. The number of esters is 1. The number of rotatable bonds is 18. The fourth-order valence-corrected chi connectivity index (χ4v) is 8.64. The third kappa shape index (κ3) is 13.8. The lowest BCUT2D eigenvalue weighted by atomic mass is 9.72. The molecule has 1 aliphatic carbocycles. The minimum atomic E-state index is -1.43.